The molecule has 0 saturated carbocycles. The molecule has 2 aromatic heterocycles. The monoisotopic (exact) mass is 408 g/mol. The van der Waals surface area contributed by atoms with Crippen LogP contribution in [-0.4, -0.2) is 40.4 Å². The molecule has 0 aliphatic heterocycles. The van der Waals surface area contributed by atoms with Crippen molar-refractivity contribution in [2.24, 2.45) is 0 Å². The molecular formula is C17H14F2N4O4S. The van der Waals surface area contributed by atoms with Crippen molar-refractivity contribution in [1.82, 2.24) is 14.8 Å². The zero-order valence-electron chi connectivity index (χ0n) is 14.7. The molecule has 0 saturated heterocycles. The van der Waals surface area contributed by atoms with Gasteiger partial charge >= 0.3 is 12.6 Å². The minimum Gasteiger partial charge on any atom is -0.465 e. The first-order valence-corrected chi connectivity index (χ1v) is 8.73. The van der Waals surface area contributed by atoms with Gasteiger partial charge in [0.1, 0.15) is 16.5 Å². The van der Waals surface area contributed by atoms with E-state index in [-0.39, 0.29) is 16.5 Å². The first-order valence-electron chi connectivity index (χ1n) is 7.85. The van der Waals surface area contributed by atoms with Crippen molar-refractivity contribution < 1.29 is 27.8 Å². The number of amides is 1. The van der Waals surface area contributed by atoms with Crippen molar-refractivity contribution in [3.8, 4) is 11.4 Å². The highest BCUT2D eigenvalue weighted by Gasteiger charge is 2.20. The van der Waals surface area contributed by atoms with Gasteiger partial charge in [0.2, 0.25) is 5.82 Å². The quantitative estimate of drug-likeness (QED) is 0.629. The number of benzene rings is 1. The van der Waals surface area contributed by atoms with Crippen LogP contribution in [0.2, 0.25) is 0 Å². The zero-order valence-corrected chi connectivity index (χ0v) is 15.5. The maximum absolute atomic E-state index is 12.4. The molecule has 0 atom stereocenters. The van der Waals surface area contributed by atoms with E-state index in [1.165, 1.54) is 36.1 Å². The molecule has 0 aliphatic rings. The van der Waals surface area contributed by atoms with Crippen LogP contribution in [-0.2, 0) is 4.74 Å². The van der Waals surface area contributed by atoms with Crippen molar-refractivity contribution in [2.75, 3.05) is 12.4 Å². The van der Waals surface area contributed by atoms with Crippen molar-refractivity contribution in [3.05, 3.63) is 52.2 Å². The lowest BCUT2D eigenvalue weighted by Gasteiger charge is -2.06. The molecule has 0 spiro atoms. The number of ether oxygens (including phenoxy) is 2. The van der Waals surface area contributed by atoms with Gasteiger partial charge in [0.15, 0.2) is 0 Å². The molecule has 3 rings (SSSR count). The Morgan fingerprint density at radius 3 is 2.57 bits per heavy atom. The number of hydrogen-bond donors (Lipinski definition) is 1. The topological polar surface area (TPSA) is 95.3 Å². The number of aromatic nitrogens is 3. The largest absolute Gasteiger partial charge is 0.465 e. The molecule has 146 valence electrons. The molecule has 2 heterocycles. The minimum atomic E-state index is -2.92. The van der Waals surface area contributed by atoms with E-state index in [4.69, 9.17) is 0 Å². The van der Waals surface area contributed by atoms with E-state index in [0.29, 0.717) is 17.2 Å². The molecule has 0 unspecified atom stereocenters. The Kier molecular flexibility index (Phi) is 5.64. The highest BCUT2D eigenvalue weighted by Crippen LogP contribution is 2.24. The average Bonchev–Trinajstić information content (AvgIpc) is 3.28. The van der Waals surface area contributed by atoms with E-state index < -0.39 is 18.5 Å². The van der Waals surface area contributed by atoms with Crippen molar-refractivity contribution in [3.63, 3.8) is 0 Å². The molecule has 11 heteroatoms. The smallest absolute Gasteiger partial charge is 0.387 e. The molecule has 0 fully saturated rings. The SMILES string of the molecule is COC(=O)c1sccc1NC(=O)c1nc(C)n(-c2ccc(OC(F)F)cc2)n1. The van der Waals surface area contributed by atoms with Gasteiger partial charge in [-0.1, -0.05) is 0 Å². The molecule has 3 aromatic rings. The molecule has 1 amide bonds. The predicted octanol–water partition coefficient (Wildman–Crippen LogP) is 3.28. The van der Waals surface area contributed by atoms with E-state index >= 15 is 0 Å². The summed E-state index contributed by atoms with van der Waals surface area (Å²) in [5, 5.41) is 8.35. The number of hydrogen-bond acceptors (Lipinski definition) is 7. The maximum Gasteiger partial charge on any atom is 0.387 e. The summed E-state index contributed by atoms with van der Waals surface area (Å²) in [5.41, 5.74) is 0.806. The molecule has 0 bridgehead atoms. The van der Waals surface area contributed by atoms with Gasteiger partial charge in [0.25, 0.3) is 5.91 Å². The summed E-state index contributed by atoms with van der Waals surface area (Å²) in [6.45, 7) is -1.28. The van der Waals surface area contributed by atoms with Gasteiger partial charge in [0.05, 0.1) is 18.5 Å². The number of carbonyl (C=O) groups excluding carboxylic acids is 2. The van der Waals surface area contributed by atoms with Crippen LogP contribution in [0, 0.1) is 6.92 Å². The van der Waals surface area contributed by atoms with E-state index in [1.807, 2.05) is 0 Å². The number of halogens is 2. The molecular weight excluding hydrogens is 394 g/mol. The Morgan fingerprint density at radius 2 is 1.93 bits per heavy atom. The Balaban J connectivity index is 1.79. The summed E-state index contributed by atoms with van der Waals surface area (Å²) in [5.74, 6) is -0.880. The Morgan fingerprint density at radius 1 is 1.21 bits per heavy atom. The van der Waals surface area contributed by atoms with Crippen LogP contribution in [0.5, 0.6) is 5.75 Å². The number of esters is 1. The maximum atomic E-state index is 12.4. The van der Waals surface area contributed by atoms with Crippen LogP contribution < -0.4 is 10.1 Å². The lowest BCUT2D eigenvalue weighted by atomic mass is 10.3. The number of thiophene rings is 1. The van der Waals surface area contributed by atoms with Gasteiger partial charge < -0.3 is 14.8 Å². The van der Waals surface area contributed by atoms with Crippen LogP contribution in [0.15, 0.2) is 35.7 Å². The summed E-state index contributed by atoms with van der Waals surface area (Å²) in [6.07, 6.45) is 0. The highest BCUT2D eigenvalue weighted by atomic mass is 32.1. The van der Waals surface area contributed by atoms with Crippen LogP contribution in [0.25, 0.3) is 5.69 Å². The number of rotatable bonds is 6. The lowest BCUT2D eigenvalue weighted by molar-refractivity contribution is -0.0498. The molecule has 1 N–H and O–H groups in total. The first kappa shape index (κ1) is 19.4. The van der Waals surface area contributed by atoms with Gasteiger partial charge in [-0.25, -0.2) is 14.5 Å². The van der Waals surface area contributed by atoms with Gasteiger partial charge in [-0.3, -0.25) is 4.79 Å². The van der Waals surface area contributed by atoms with E-state index in [9.17, 15) is 18.4 Å². The molecule has 28 heavy (non-hydrogen) atoms. The van der Waals surface area contributed by atoms with E-state index in [0.717, 1.165) is 11.3 Å². The third-order valence-electron chi connectivity index (χ3n) is 3.56. The summed E-state index contributed by atoms with van der Waals surface area (Å²) in [7, 11) is 1.25. The van der Waals surface area contributed by atoms with Crippen LogP contribution in [0.4, 0.5) is 14.5 Å². The summed E-state index contributed by atoms with van der Waals surface area (Å²) >= 11 is 1.13. The number of anilines is 1. The molecule has 1 aromatic carbocycles. The second kappa shape index (κ2) is 8.13. The van der Waals surface area contributed by atoms with Gasteiger partial charge in [0, 0.05) is 0 Å². The number of nitrogens with zero attached hydrogens (tertiary/aromatic N) is 3. The zero-order chi connectivity index (χ0) is 20.3. The standard InChI is InChI=1S/C17H14F2N4O4S/c1-9-20-14(15(24)21-12-7-8-28-13(12)16(25)26-2)22-23(9)10-3-5-11(6-4-10)27-17(18)19/h3-8,17H,1-2H3,(H,21,24). The van der Waals surface area contributed by atoms with Crippen LogP contribution in [0.1, 0.15) is 26.1 Å². The molecule has 0 aliphatic carbocycles. The van der Waals surface area contributed by atoms with E-state index in [2.05, 4.69) is 24.9 Å². The fourth-order valence-corrected chi connectivity index (χ4v) is 3.10. The lowest BCUT2D eigenvalue weighted by Crippen LogP contribution is -2.16. The fourth-order valence-electron chi connectivity index (χ4n) is 2.34. The molecule has 8 nitrogen and oxygen atoms in total. The van der Waals surface area contributed by atoms with Gasteiger partial charge in [-0.05, 0) is 42.6 Å². The Labute approximate surface area is 161 Å². The van der Waals surface area contributed by atoms with Crippen LogP contribution >= 0.6 is 11.3 Å². The number of aryl methyl sites for hydroxylation is 1. The Bertz CT molecular complexity index is 1000. The average molecular weight is 408 g/mol. The number of nitrogens with one attached hydrogen (secondary N) is 1. The summed E-state index contributed by atoms with van der Waals surface area (Å²) in [6, 6.07) is 7.30. The van der Waals surface area contributed by atoms with Crippen molar-refractivity contribution in [1.29, 1.82) is 0 Å². The summed E-state index contributed by atoms with van der Waals surface area (Å²) in [4.78, 5) is 28.5. The van der Waals surface area contributed by atoms with Crippen molar-refractivity contribution in [2.45, 2.75) is 13.5 Å². The fraction of sp³-hybridized carbons (Fsp3) is 0.176. The second-order valence-electron chi connectivity index (χ2n) is 5.38. The summed E-state index contributed by atoms with van der Waals surface area (Å²) < 4.78 is 34.8. The van der Waals surface area contributed by atoms with Gasteiger partial charge in [-0.15, -0.1) is 16.4 Å². The van der Waals surface area contributed by atoms with Gasteiger partial charge in [-0.2, -0.15) is 8.78 Å². The van der Waals surface area contributed by atoms with E-state index in [1.54, 1.807) is 18.4 Å². The normalized spacial score (nSPS) is 10.8. The predicted molar refractivity (Wildman–Crippen MR) is 96.3 cm³/mol. The molecule has 0 radical (unpaired) electrons. The number of carbonyl (C=O) groups is 2. The third-order valence-corrected chi connectivity index (χ3v) is 4.46. The second-order valence-corrected chi connectivity index (χ2v) is 6.29. The number of alkyl halides is 2. The van der Waals surface area contributed by atoms with Crippen LogP contribution in [0.3, 0.4) is 0 Å². The first-order chi connectivity index (χ1) is 13.4. The highest BCUT2D eigenvalue weighted by molar-refractivity contribution is 7.12. The van der Waals surface area contributed by atoms with Crippen molar-refractivity contribution >= 4 is 28.9 Å². The minimum absolute atomic E-state index is 0.00211. The Hall–Kier alpha value is -3.34. The number of methoxy groups -OCH3 is 1. The third kappa shape index (κ3) is 4.14.